The molecule has 1 aliphatic carbocycles. The van der Waals surface area contributed by atoms with Crippen molar-refractivity contribution in [3.63, 3.8) is 0 Å². The summed E-state index contributed by atoms with van der Waals surface area (Å²) >= 11 is 0. The van der Waals surface area contributed by atoms with Crippen LogP contribution in [0.3, 0.4) is 0 Å². The number of nitrogens with one attached hydrogen (secondary N) is 1. The average Bonchev–Trinajstić information content (AvgIpc) is 2.54. The molecule has 0 radical (unpaired) electrons. The van der Waals surface area contributed by atoms with Gasteiger partial charge in [0.15, 0.2) is 0 Å². The molecule has 11 heavy (non-hydrogen) atoms. The lowest BCUT2D eigenvalue weighted by Gasteiger charge is -2.19. The monoisotopic (exact) mass is 154 g/mol. The van der Waals surface area contributed by atoms with Gasteiger partial charge in [-0.3, -0.25) is 9.80 Å². The standard InChI is InChI=1S/C8H14N2O/c1-8(3-4-8)7(11)10-6-2-5-9-10/h9H,2-6H2,1H3. The molecule has 0 atom stereocenters. The highest BCUT2D eigenvalue weighted by molar-refractivity contribution is 5.84. The highest BCUT2D eigenvalue weighted by Gasteiger charge is 2.47. The molecule has 0 spiro atoms. The van der Waals surface area contributed by atoms with Crippen molar-refractivity contribution < 1.29 is 4.79 Å². The number of amides is 1. The Morgan fingerprint density at radius 3 is 2.73 bits per heavy atom. The minimum Gasteiger partial charge on any atom is -0.278 e. The van der Waals surface area contributed by atoms with Gasteiger partial charge in [-0.25, -0.2) is 5.43 Å². The highest BCUT2D eigenvalue weighted by atomic mass is 16.2. The summed E-state index contributed by atoms with van der Waals surface area (Å²) in [5.41, 5.74) is 3.08. The van der Waals surface area contributed by atoms with Crippen molar-refractivity contribution in [3.05, 3.63) is 0 Å². The van der Waals surface area contributed by atoms with Crippen molar-refractivity contribution >= 4 is 5.91 Å². The zero-order valence-corrected chi connectivity index (χ0v) is 6.89. The number of carbonyl (C=O) groups is 1. The van der Waals surface area contributed by atoms with E-state index in [0.717, 1.165) is 32.4 Å². The van der Waals surface area contributed by atoms with Crippen LogP contribution >= 0.6 is 0 Å². The Morgan fingerprint density at radius 1 is 1.55 bits per heavy atom. The second-order valence-corrected chi connectivity index (χ2v) is 3.78. The second kappa shape index (κ2) is 2.21. The normalized spacial score (nSPS) is 27.2. The van der Waals surface area contributed by atoms with E-state index in [2.05, 4.69) is 12.3 Å². The summed E-state index contributed by atoms with van der Waals surface area (Å²) in [6, 6.07) is 0. The van der Waals surface area contributed by atoms with Gasteiger partial charge in [-0.1, -0.05) is 6.92 Å². The zero-order valence-electron chi connectivity index (χ0n) is 6.89. The SMILES string of the molecule is CC1(C(=O)N2CCCN2)CC1. The Balaban J connectivity index is 1.98. The van der Waals surface area contributed by atoms with Gasteiger partial charge in [0, 0.05) is 18.5 Å². The number of hydrogen-bond acceptors (Lipinski definition) is 2. The fraction of sp³-hybridized carbons (Fsp3) is 0.875. The summed E-state index contributed by atoms with van der Waals surface area (Å²) in [6.45, 7) is 3.91. The van der Waals surface area contributed by atoms with Gasteiger partial charge in [-0.15, -0.1) is 0 Å². The molecule has 0 unspecified atom stereocenters. The van der Waals surface area contributed by atoms with Crippen molar-refractivity contribution in [2.24, 2.45) is 5.41 Å². The van der Waals surface area contributed by atoms with Gasteiger partial charge in [0.05, 0.1) is 0 Å². The predicted molar refractivity (Wildman–Crippen MR) is 41.7 cm³/mol. The summed E-state index contributed by atoms with van der Waals surface area (Å²) < 4.78 is 0. The molecule has 2 aliphatic rings. The first-order valence-corrected chi connectivity index (χ1v) is 4.28. The summed E-state index contributed by atoms with van der Waals surface area (Å²) in [6.07, 6.45) is 3.25. The van der Waals surface area contributed by atoms with Gasteiger partial charge in [0.1, 0.15) is 0 Å². The molecule has 1 N–H and O–H groups in total. The van der Waals surface area contributed by atoms with Gasteiger partial charge >= 0.3 is 0 Å². The van der Waals surface area contributed by atoms with Crippen LogP contribution < -0.4 is 5.43 Å². The van der Waals surface area contributed by atoms with Crippen LogP contribution in [0.15, 0.2) is 0 Å². The molecule has 3 nitrogen and oxygen atoms in total. The Labute approximate surface area is 66.7 Å². The van der Waals surface area contributed by atoms with Crippen LogP contribution in [0.25, 0.3) is 0 Å². The summed E-state index contributed by atoms with van der Waals surface area (Å²) in [4.78, 5) is 11.6. The molecule has 0 aromatic heterocycles. The van der Waals surface area contributed by atoms with Gasteiger partial charge in [-0.05, 0) is 19.3 Å². The smallest absolute Gasteiger partial charge is 0.242 e. The molecular weight excluding hydrogens is 140 g/mol. The lowest BCUT2D eigenvalue weighted by Crippen LogP contribution is -2.40. The van der Waals surface area contributed by atoms with E-state index in [1.807, 2.05) is 0 Å². The topological polar surface area (TPSA) is 32.3 Å². The molecular formula is C8H14N2O. The minimum absolute atomic E-state index is 0.00264. The Bertz CT molecular complexity index is 181. The molecule has 62 valence electrons. The molecule has 0 aromatic rings. The molecule has 1 saturated heterocycles. The van der Waals surface area contributed by atoms with Crippen molar-refractivity contribution in [2.45, 2.75) is 26.2 Å². The number of nitrogens with zero attached hydrogens (tertiary/aromatic N) is 1. The van der Waals surface area contributed by atoms with Crippen LogP contribution in [0.1, 0.15) is 26.2 Å². The zero-order chi connectivity index (χ0) is 7.90. The quantitative estimate of drug-likeness (QED) is 0.597. The first-order chi connectivity index (χ1) is 5.22. The maximum absolute atomic E-state index is 11.6. The van der Waals surface area contributed by atoms with Gasteiger partial charge in [0.2, 0.25) is 5.91 Å². The largest absolute Gasteiger partial charge is 0.278 e. The maximum atomic E-state index is 11.6. The lowest BCUT2D eigenvalue weighted by atomic mass is 10.1. The molecule has 3 heteroatoms. The molecule has 1 saturated carbocycles. The first-order valence-electron chi connectivity index (χ1n) is 4.28. The summed E-state index contributed by atoms with van der Waals surface area (Å²) in [5.74, 6) is 0.301. The van der Waals surface area contributed by atoms with E-state index in [1.54, 1.807) is 5.01 Å². The average molecular weight is 154 g/mol. The molecule has 1 amide bonds. The molecule has 2 fully saturated rings. The summed E-state index contributed by atoms with van der Waals surface area (Å²) in [5, 5.41) is 1.78. The molecule has 0 aromatic carbocycles. The Morgan fingerprint density at radius 2 is 2.27 bits per heavy atom. The van der Waals surface area contributed by atoms with Crippen LogP contribution in [0.5, 0.6) is 0 Å². The van der Waals surface area contributed by atoms with Gasteiger partial charge in [-0.2, -0.15) is 0 Å². The van der Waals surface area contributed by atoms with E-state index >= 15 is 0 Å². The molecule has 1 heterocycles. The van der Waals surface area contributed by atoms with Crippen molar-refractivity contribution in [1.29, 1.82) is 0 Å². The van der Waals surface area contributed by atoms with E-state index in [0.29, 0.717) is 5.91 Å². The fourth-order valence-electron chi connectivity index (χ4n) is 1.43. The van der Waals surface area contributed by atoms with Crippen LogP contribution in [0.4, 0.5) is 0 Å². The molecule has 1 aliphatic heterocycles. The first kappa shape index (κ1) is 7.10. The molecule has 2 rings (SSSR count). The third kappa shape index (κ3) is 1.13. The van der Waals surface area contributed by atoms with E-state index in [9.17, 15) is 4.79 Å². The summed E-state index contributed by atoms with van der Waals surface area (Å²) in [7, 11) is 0. The van der Waals surface area contributed by atoms with Crippen LogP contribution in [0.2, 0.25) is 0 Å². The Kier molecular flexibility index (Phi) is 1.42. The number of rotatable bonds is 1. The van der Waals surface area contributed by atoms with E-state index < -0.39 is 0 Å². The van der Waals surface area contributed by atoms with Crippen molar-refractivity contribution in [3.8, 4) is 0 Å². The van der Waals surface area contributed by atoms with Gasteiger partial charge < -0.3 is 0 Å². The maximum Gasteiger partial charge on any atom is 0.242 e. The minimum atomic E-state index is -0.00264. The van der Waals surface area contributed by atoms with Crippen LogP contribution in [-0.2, 0) is 4.79 Å². The van der Waals surface area contributed by atoms with Crippen molar-refractivity contribution in [2.75, 3.05) is 13.1 Å². The number of hydrogen-bond donors (Lipinski definition) is 1. The third-order valence-electron chi connectivity index (χ3n) is 2.62. The number of carbonyl (C=O) groups excluding carboxylic acids is 1. The van der Waals surface area contributed by atoms with E-state index in [1.165, 1.54) is 0 Å². The van der Waals surface area contributed by atoms with Gasteiger partial charge in [0.25, 0.3) is 0 Å². The van der Waals surface area contributed by atoms with E-state index in [4.69, 9.17) is 0 Å². The lowest BCUT2D eigenvalue weighted by molar-refractivity contribution is -0.137. The van der Waals surface area contributed by atoms with E-state index in [-0.39, 0.29) is 5.41 Å². The highest BCUT2D eigenvalue weighted by Crippen LogP contribution is 2.46. The van der Waals surface area contributed by atoms with Crippen molar-refractivity contribution in [1.82, 2.24) is 10.4 Å². The fourth-order valence-corrected chi connectivity index (χ4v) is 1.43. The predicted octanol–water partition coefficient (Wildman–Crippen LogP) is 0.523. The Hall–Kier alpha value is -0.570. The number of hydrazine groups is 1. The van der Waals surface area contributed by atoms with Crippen LogP contribution in [0, 0.1) is 5.41 Å². The molecule has 0 bridgehead atoms. The second-order valence-electron chi connectivity index (χ2n) is 3.78. The van der Waals surface area contributed by atoms with Crippen LogP contribution in [-0.4, -0.2) is 24.0 Å². The third-order valence-corrected chi connectivity index (χ3v) is 2.62.